The van der Waals surface area contributed by atoms with Crippen molar-refractivity contribution in [1.82, 2.24) is 9.88 Å². The van der Waals surface area contributed by atoms with Gasteiger partial charge in [0.2, 0.25) is 5.91 Å². The zero-order valence-corrected chi connectivity index (χ0v) is 12.2. The number of hydrogen-bond donors (Lipinski definition) is 2. The van der Waals surface area contributed by atoms with Crippen molar-refractivity contribution >= 4 is 16.8 Å². The topological polar surface area (TPSA) is 60.0 Å². The standard InChI is InChI=1S/C16H23N3O/c1-3-14(4-2)18-15(20)11-19-9-8-12-6-5-7-13(10-17)16(12)19/h5-9,14H,3-4,10-11,17H2,1-2H3,(H,18,20). The van der Waals surface area contributed by atoms with E-state index in [-0.39, 0.29) is 11.9 Å². The van der Waals surface area contributed by atoms with Gasteiger partial charge < -0.3 is 15.6 Å². The number of aromatic nitrogens is 1. The second-order valence-electron chi connectivity index (χ2n) is 5.08. The highest BCUT2D eigenvalue weighted by Gasteiger charge is 2.11. The van der Waals surface area contributed by atoms with Gasteiger partial charge in [0.1, 0.15) is 6.54 Å². The number of carbonyl (C=O) groups is 1. The van der Waals surface area contributed by atoms with Gasteiger partial charge in [0.15, 0.2) is 0 Å². The van der Waals surface area contributed by atoms with E-state index in [0.29, 0.717) is 13.1 Å². The van der Waals surface area contributed by atoms with Crippen LogP contribution in [0.15, 0.2) is 30.5 Å². The molecule has 0 unspecified atom stereocenters. The molecule has 1 heterocycles. The van der Waals surface area contributed by atoms with E-state index in [2.05, 4.69) is 19.2 Å². The Bertz CT molecular complexity index is 584. The molecule has 0 fully saturated rings. The summed E-state index contributed by atoms with van der Waals surface area (Å²) in [6.45, 7) is 5.00. The van der Waals surface area contributed by atoms with Crippen molar-refractivity contribution in [3.8, 4) is 0 Å². The highest BCUT2D eigenvalue weighted by molar-refractivity contribution is 5.85. The van der Waals surface area contributed by atoms with E-state index in [9.17, 15) is 4.79 Å². The summed E-state index contributed by atoms with van der Waals surface area (Å²) in [6.07, 6.45) is 3.88. The van der Waals surface area contributed by atoms with Gasteiger partial charge in [0, 0.05) is 18.8 Å². The number of nitrogens with two attached hydrogens (primary N) is 1. The Hall–Kier alpha value is -1.81. The third-order valence-corrected chi connectivity index (χ3v) is 3.76. The van der Waals surface area contributed by atoms with Crippen molar-refractivity contribution in [3.63, 3.8) is 0 Å². The second kappa shape index (κ2) is 6.57. The number of nitrogens with zero attached hydrogens (tertiary/aromatic N) is 1. The van der Waals surface area contributed by atoms with E-state index in [1.54, 1.807) is 0 Å². The molecule has 0 spiro atoms. The first-order chi connectivity index (χ1) is 9.69. The Morgan fingerprint density at radius 1 is 1.30 bits per heavy atom. The Morgan fingerprint density at radius 2 is 2.05 bits per heavy atom. The van der Waals surface area contributed by atoms with Crippen LogP contribution in [0.3, 0.4) is 0 Å². The lowest BCUT2D eigenvalue weighted by atomic mass is 10.1. The third kappa shape index (κ3) is 3.02. The van der Waals surface area contributed by atoms with Crippen molar-refractivity contribution in [2.24, 2.45) is 5.73 Å². The fourth-order valence-electron chi connectivity index (χ4n) is 2.56. The highest BCUT2D eigenvalue weighted by Crippen LogP contribution is 2.20. The SMILES string of the molecule is CCC(CC)NC(=O)Cn1ccc2cccc(CN)c21. The molecule has 108 valence electrons. The van der Waals surface area contributed by atoms with Crippen LogP contribution >= 0.6 is 0 Å². The molecule has 3 N–H and O–H groups in total. The van der Waals surface area contributed by atoms with Gasteiger partial charge >= 0.3 is 0 Å². The van der Waals surface area contributed by atoms with Crippen LogP contribution < -0.4 is 11.1 Å². The van der Waals surface area contributed by atoms with E-state index < -0.39 is 0 Å². The minimum absolute atomic E-state index is 0.0584. The second-order valence-corrected chi connectivity index (χ2v) is 5.08. The van der Waals surface area contributed by atoms with E-state index in [1.165, 1.54) is 0 Å². The van der Waals surface area contributed by atoms with Crippen LogP contribution in [0.2, 0.25) is 0 Å². The minimum Gasteiger partial charge on any atom is -0.352 e. The monoisotopic (exact) mass is 273 g/mol. The Morgan fingerprint density at radius 3 is 2.70 bits per heavy atom. The lowest BCUT2D eigenvalue weighted by molar-refractivity contribution is -0.122. The van der Waals surface area contributed by atoms with E-state index >= 15 is 0 Å². The Balaban J connectivity index is 2.19. The zero-order valence-electron chi connectivity index (χ0n) is 12.2. The summed E-state index contributed by atoms with van der Waals surface area (Å²) in [7, 11) is 0. The summed E-state index contributed by atoms with van der Waals surface area (Å²) in [6, 6.07) is 8.35. The van der Waals surface area contributed by atoms with E-state index in [4.69, 9.17) is 5.73 Å². The molecular formula is C16H23N3O. The predicted molar refractivity (Wildman–Crippen MR) is 82.3 cm³/mol. The maximum Gasteiger partial charge on any atom is 0.240 e. The molecule has 4 heteroatoms. The predicted octanol–water partition coefficient (Wildman–Crippen LogP) is 2.40. The first-order valence-electron chi connectivity index (χ1n) is 7.25. The lowest BCUT2D eigenvalue weighted by Gasteiger charge is -2.15. The molecule has 0 atom stereocenters. The van der Waals surface area contributed by atoms with Crippen molar-refractivity contribution in [3.05, 3.63) is 36.0 Å². The van der Waals surface area contributed by atoms with E-state index in [1.807, 2.05) is 35.0 Å². The van der Waals surface area contributed by atoms with Crippen LogP contribution in [0.4, 0.5) is 0 Å². The van der Waals surface area contributed by atoms with Gasteiger partial charge in [0.05, 0.1) is 5.52 Å². The Labute approximate surface area is 120 Å². The largest absolute Gasteiger partial charge is 0.352 e. The number of para-hydroxylation sites is 1. The molecular weight excluding hydrogens is 250 g/mol. The molecule has 0 saturated heterocycles. The van der Waals surface area contributed by atoms with Crippen LogP contribution in [0, 0.1) is 0 Å². The quantitative estimate of drug-likeness (QED) is 0.849. The molecule has 4 nitrogen and oxygen atoms in total. The van der Waals surface area contributed by atoms with Gasteiger partial charge in [-0.25, -0.2) is 0 Å². The smallest absolute Gasteiger partial charge is 0.240 e. The van der Waals surface area contributed by atoms with Crippen LogP contribution in [0.5, 0.6) is 0 Å². The average Bonchev–Trinajstić information content (AvgIpc) is 2.87. The fraction of sp³-hybridized carbons (Fsp3) is 0.438. The fourth-order valence-corrected chi connectivity index (χ4v) is 2.56. The van der Waals surface area contributed by atoms with Gasteiger partial charge in [-0.2, -0.15) is 0 Å². The molecule has 0 aliphatic carbocycles. The van der Waals surface area contributed by atoms with Crippen molar-refractivity contribution in [2.75, 3.05) is 0 Å². The van der Waals surface area contributed by atoms with Crippen molar-refractivity contribution in [2.45, 2.75) is 45.8 Å². The molecule has 2 rings (SSSR count). The summed E-state index contributed by atoms with van der Waals surface area (Å²) >= 11 is 0. The maximum absolute atomic E-state index is 12.1. The van der Waals surface area contributed by atoms with Crippen LogP contribution in [0.25, 0.3) is 10.9 Å². The summed E-state index contributed by atoms with van der Waals surface area (Å²) in [5, 5.41) is 4.19. The summed E-state index contributed by atoms with van der Waals surface area (Å²) in [5.74, 6) is 0.0584. The van der Waals surface area contributed by atoms with Crippen molar-refractivity contribution < 1.29 is 4.79 Å². The first-order valence-corrected chi connectivity index (χ1v) is 7.25. The molecule has 20 heavy (non-hydrogen) atoms. The number of benzene rings is 1. The van der Waals surface area contributed by atoms with Gasteiger partial charge in [0.25, 0.3) is 0 Å². The number of rotatable bonds is 6. The maximum atomic E-state index is 12.1. The minimum atomic E-state index is 0.0584. The summed E-state index contributed by atoms with van der Waals surface area (Å²) < 4.78 is 1.98. The molecule has 1 amide bonds. The number of carbonyl (C=O) groups excluding carboxylic acids is 1. The molecule has 0 aliphatic heterocycles. The molecule has 1 aromatic carbocycles. The van der Waals surface area contributed by atoms with Gasteiger partial charge in [-0.05, 0) is 29.9 Å². The third-order valence-electron chi connectivity index (χ3n) is 3.76. The summed E-state index contributed by atoms with van der Waals surface area (Å²) in [4.78, 5) is 12.1. The summed E-state index contributed by atoms with van der Waals surface area (Å²) in [5.41, 5.74) is 7.92. The van der Waals surface area contributed by atoms with Crippen LogP contribution in [-0.4, -0.2) is 16.5 Å². The molecule has 0 radical (unpaired) electrons. The Kier molecular flexibility index (Phi) is 4.79. The molecule has 0 bridgehead atoms. The molecule has 1 aromatic heterocycles. The van der Waals surface area contributed by atoms with Crippen LogP contribution in [0.1, 0.15) is 32.3 Å². The molecule has 0 aliphatic rings. The van der Waals surface area contributed by atoms with Crippen molar-refractivity contribution in [1.29, 1.82) is 0 Å². The molecule has 0 saturated carbocycles. The molecule has 2 aromatic rings. The van der Waals surface area contributed by atoms with E-state index in [0.717, 1.165) is 29.3 Å². The number of fused-ring (bicyclic) bond motifs is 1. The number of nitrogens with one attached hydrogen (secondary N) is 1. The first kappa shape index (κ1) is 14.6. The lowest BCUT2D eigenvalue weighted by Crippen LogP contribution is -2.36. The average molecular weight is 273 g/mol. The number of hydrogen-bond acceptors (Lipinski definition) is 2. The van der Waals surface area contributed by atoms with Crippen LogP contribution in [-0.2, 0) is 17.9 Å². The normalized spacial score (nSPS) is 11.2. The highest BCUT2D eigenvalue weighted by atomic mass is 16.2. The van der Waals surface area contributed by atoms with Gasteiger partial charge in [-0.15, -0.1) is 0 Å². The van der Waals surface area contributed by atoms with Gasteiger partial charge in [-0.1, -0.05) is 32.0 Å². The van der Waals surface area contributed by atoms with Gasteiger partial charge in [-0.3, -0.25) is 4.79 Å². The number of amides is 1. The zero-order chi connectivity index (χ0) is 14.5.